The molecule has 1 fully saturated rings. The average Bonchev–Trinajstić information content (AvgIpc) is 2.90. The maximum Gasteiger partial charge on any atom is 0.295 e. The Balaban J connectivity index is 1.92. The number of benzene rings is 1. The number of H-pyrrole nitrogens is 1. The maximum atomic E-state index is 12.6. The number of hydrogen-bond acceptors (Lipinski definition) is 2. The number of amides is 1. The lowest BCUT2D eigenvalue weighted by Crippen LogP contribution is -2.50. The first-order valence-electron chi connectivity index (χ1n) is 7.52. The lowest BCUT2D eigenvalue weighted by Gasteiger charge is -2.38. The third-order valence-electron chi connectivity index (χ3n) is 4.46. The van der Waals surface area contributed by atoms with Gasteiger partial charge in [0.15, 0.2) is 0 Å². The lowest BCUT2D eigenvalue weighted by molar-refractivity contribution is -0.132. The monoisotopic (exact) mass is 284 g/mol. The number of piperidine rings is 1. The Morgan fingerprint density at radius 2 is 1.81 bits per heavy atom. The third kappa shape index (κ3) is 2.35. The van der Waals surface area contributed by atoms with Crippen molar-refractivity contribution >= 4 is 22.6 Å². The molecule has 0 radical (unpaired) electrons. The van der Waals surface area contributed by atoms with E-state index < -0.39 is 5.78 Å². The standard InChI is InChI=1S/C17H20N2O2/c1-11-6-5-7-12(2)19(11)17(21)16(20)14-10-18-15-9-4-3-8-13(14)15/h3-4,8-12,18H,5-7H2,1-2H3/t11-,12-/m1/s1. The van der Waals surface area contributed by atoms with Gasteiger partial charge in [0.25, 0.3) is 11.7 Å². The van der Waals surface area contributed by atoms with Crippen LogP contribution >= 0.6 is 0 Å². The molecule has 0 aliphatic carbocycles. The molecule has 110 valence electrons. The molecule has 2 atom stereocenters. The van der Waals surface area contributed by atoms with Gasteiger partial charge in [-0.15, -0.1) is 0 Å². The molecule has 0 saturated carbocycles. The molecule has 1 aliphatic rings. The van der Waals surface area contributed by atoms with Gasteiger partial charge in [-0.05, 0) is 39.2 Å². The third-order valence-corrected chi connectivity index (χ3v) is 4.46. The van der Waals surface area contributed by atoms with E-state index in [-0.39, 0.29) is 18.0 Å². The normalized spacial score (nSPS) is 22.5. The molecule has 21 heavy (non-hydrogen) atoms. The van der Waals surface area contributed by atoms with Crippen LogP contribution < -0.4 is 0 Å². The number of aromatic amines is 1. The molecule has 0 unspecified atom stereocenters. The van der Waals surface area contributed by atoms with Crippen molar-refractivity contribution in [3.05, 3.63) is 36.0 Å². The van der Waals surface area contributed by atoms with Crippen molar-refractivity contribution in [1.82, 2.24) is 9.88 Å². The first-order valence-corrected chi connectivity index (χ1v) is 7.52. The Hall–Kier alpha value is -2.10. The second kappa shape index (κ2) is 5.35. The number of fused-ring (bicyclic) bond motifs is 1. The summed E-state index contributed by atoms with van der Waals surface area (Å²) in [7, 11) is 0. The Morgan fingerprint density at radius 3 is 2.52 bits per heavy atom. The average molecular weight is 284 g/mol. The number of ketones is 1. The summed E-state index contributed by atoms with van der Waals surface area (Å²) in [6.45, 7) is 4.05. The van der Waals surface area contributed by atoms with E-state index in [1.54, 1.807) is 11.1 Å². The van der Waals surface area contributed by atoms with E-state index in [9.17, 15) is 9.59 Å². The van der Waals surface area contributed by atoms with Crippen LogP contribution in [0.5, 0.6) is 0 Å². The fraction of sp³-hybridized carbons (Fsp3) is 0.412. The van der Waals surface area contributed by atoms with Gasteiger partial charge in [-0.1, -0.05) is 18.2 Å². The number of rotatable bonds is 2. The molecule has 0 bridgehead atoms. The summed E-state index contributed by atoms with van der Waals surface area (Å²) in [6.07, 6.45) is 4.70. The minimum Gasteiger partial charge on any atom is -0.360 e. The van der Waals surface area contributed by atoms with E-state index in [2.05, 4.69) is 4.98 Å². The number of nitrogens with one attached hydrogen (secondary N) is 1. The van der Waals surface area contributed by atoms with Gasteiger partial charge in [-0.3, -0.25) is 9.59 Å². The molecule has 1 saturated heterocycles. The van der Waals surface area contributed by atoms with E-state index in [4.69, 9.17) is 0 Å². The minimum absolute atomic E-state index is 0.135. The summed E-state index contributed by atoms with van der Waals surface area (Å²) < 4.78 is 0. The number of carbonyl (C=O) groups excluding carboxylic acids is 2. The van der Waals surface area contributed by atoms with Gasteiger partial charge in [0.05, 0.1) is 5.56 Å². The van der Waals surface area contributed by atoms with Crippen LogP contribution in [-0.4, -0.2) is 33.7 Å². The number of Topliss-reactive ketones (excluding diaryl/α,β-unsaturated/α-hetero) is 1. The molecule has 1 amide bonds. The van der Waals surface area contributed by atoms with E-state index in [1.807, 2.05) is 38.1 Å². The minimum atomic E-state index is -0.409. The van der Waals surface area contributed by atoms with Gasteiger partial charge in [0.2, 0.25) is 0 Å². The van der Waals surface area contributed by atoms with E-state index in [1.165, 1.54) is 0 Å². The van der Waals surface area contributed by atoms with Gasteiger partial charge < -0.3 is 9.88 Å². The summed E-state index contributed by atoms with van der Waals surface area (Å²) in [6, 6.07) is 7.83. The van der Waals surface area contributed by atoms with E-state index in [0.29, 0.717) is 5.56 Å². The number of likely N-dealkylation sites (tertiary alicyclic amines) is 1. The quantitative estimate of drug-likeness (QED) is 0.680. The molecule has 4 nitrogen and oxygen atoms in total. The number of carbonyl (C=O) groups is 2. The van der Waals surface area contributed by atoms with Crippen LogP contribution in [0.4, 0.5) is 0 Å². The Kier molecular flexibility index (Phi) is 3.53. The molecular formula is C17H20N2O2. The molecule has 2 heterocycles. The van der Waals surface area contributed by atoms with Gasteiger partial charge in [0, 0.05) is 29.2 Å². The van der Waals surface area contributed by atoms with E-state index >= 15 is 0 Å². The summed E-state index contributed by atoms with van der Waals surface area (Å²) in [5.41, 5.74) is 1.36. The lowest BCUT2D eigenvalue weighted by atomic mass is 9.96. The predicted molar refractivity (Wildman–Crippen MR) is 82.3 cm³/mol. The van der Waals surface area contributed by atoms with Crippen LogP contribution in [0.3, 0.4) is 0 Å². The number of hydrogen-bond donors (Lipinski definition) is 1. The first kappa shape index (κ1) is 13.9. The van der Waals surface area contributed by atoms with Gasteiger partial charge in [-0.25, -0.2) is 0 Å². The highest BCUT2D eigenvalue weighted by Gasteiger charge is 2.33. The highest BCUT2D eigenvalue weighted by Crippen LogP contribution is 2.25. The molecule has 1 aromatic carbocycles. The van der Waals surface area contributed by atoms with Crippen LogP contribution in [0.2, 0.25) is 0 Å². The van der Waals surface area contributed by atoms with Crippen molar-refractivity contribution in [3.63, 3.8) is 0 Å². The van der Waals surface area contributed by atoms with Gasteiger partial charge in [-0.2, -0.15) is 0 Å². The second-order valence-electron chi connectivity index (χ2n) is 5.92. The molecule has 1 aromatic heterocycles. The van der Waals surface area contributed by atoms with Crippen molar-refractivity contribution in [1.29, 1.82) is 0 Å². The van der Waals surface area contributed by atoms with Crippen molar-refractivity contribution < 1.29 is 9.59 Å². The summed E-state index contributed by atoms with van der Waals surface area (Å²) in [4.78, 5) is 30.0. The van der Waals surface area contributed by atoms with Crippen molar-refractivity contribution in [2.75, 3.05) is 0 Å². The maximum absolute atomic E-state index is 12.6. The Morgan fingerprint density at radius 1 is 1.14 bits per heavy atom. The second-order valence-corrected chi connectivity index (χ2v) is 5.92. The van der Waals surface area contributed by atoms with Crippen molar-refractivity contribution in [2.45, 2.75) is 45.2 Å². The number of aromatic nitrogens is 1. The molecule has 3 rings (SSSR count). The largest absolute Gasteiger partial charge is 0.360 e. The number of nitrogens with zero attached hydrogens (tertiary/aromatic N) is 1. The van der Waals surface area contributed by atoms with Crippen molar-refractivity contribution in [2.24, 2.45) is 0 Å². The Labute approximate surface area is 124 Å². The molecule has 0 spiro atoms. The molecule has 2 aromatic rings. The van der Waals surface area contributed by atoms with Crippen LogP contribution in [0.15, 0.2) is 30.5 Å². The highest BCUT2D eigenvalue weighted by atomic mass is 16.2. The van der Waals surface area contributed by atoms with Crippen LogP contribution in [0, 0.1) is 0 Å². The molecule has 4 heteroatoms. The van der Waals surface area contributed by atoms with Crippen molar-refractivity contribution in [3.8, 4) is 0 Å². The van der Waals surface area contributed by atoms with Gasteiger partial charge in [0.1, 0.15) is 0 Å². The fourth-order valence-corrected chi connectivity index (χ4v) is 3.31. The molecular weight excluding hydrogens is 264 g/mol. The molecule has 1 N–H and O–H groups in total. The van der Waals surface area contributed by atoms with Crippen LogP contribution in [0.25, 0.3) is 10.9 Å². The van der Waals surface area contributed by atoms with Crippen LogP contribution in [0.1, 0.15) is 43.5 Å². The summed E-state index contributed by atoms with van der Waals surface area (Å²) in [5.74, 6) is -0.785. The fourth-order valence-electron chi connectivity index (χ4n) is 3.31. The smallest absolute Gasteiger partial charge is 0.295 e. The van der Waals surface area contributed by atoms with Gasteiger partial charge >= 0.3 is 0 Å². The van der Waals surface area contributed by atoms with Crippen LogP contribution in [-0.2, 0) is 4.79 Å². The zero-order chi connectivity index (χ0) is 15.0. The van der Waals surface area contributed by atoms with E-state index in [0.717, 1.165) is 30.2 Å². The highest BCUT2D eigenvalue weighted by molar-refractivity contribution is 6.45. The molecule has 1 aliphatic heterocycles. The summed E-state index contributed by atoms with van der Waals surface area (Å²) >= 11 is 0. The summed E-state index contributed by atoms with van der Waals surface area (Å²) in [5, 5.41) is 0.813. The zero-order valence-electron chi connectivity index (χ0n) is 12.4. The number of para-hydroxylation sites is 1. The zero-order valence-corrected chi connectivity index (χ0v) is 12.4. The Bertz CT molecular complexity index is 679. The topological polar surface area (TPSA) is 53.2 Å². The first-order chi connectivity index (χ1) is 10.1. The SMILES string of the molecule is C[C@@H]1CCC[C@@H](C)N1C(=O)C(=O)c1c[nH]c2ccccc12. The predicted octanol–water partition coefficient (Wildman–Crippen LogP) is 3.14.